The quantitative estimate of drug-likeness (QED) is 0.589. The number of nitrogens with zero attached hydrogens (tertiary/aromatic N) is 3. The van der Waals surface area contributed by atoms with Crippen molar-refractivity contribution >= 4 is 17.6 Å². The standard InChI is InChI=1S/C24H26N4O4/c1-31-20-8-5-17(15-21(20)32-2)9-12-25-24(30)19-6-3-18(4-7-19)16-27-22-10-13-26-28(22)14-11-23(27)29/h3-8,10,13,15H,9,11-12,14,16H2,1-2H3,(H,25,30). The first kappa shape index (κ1) is 21.4. The van der Waals surface area contributed by atoms with E-state index in [-0.39, 0.29) is 11.8 Å². The van der Waals surface area contributed by atoms with E-state index >= 15 is 0 Å². The summed E-state index contributed by atoms with van der Waals surface area (Å²) in [5.74, 6) is 2.09. The molecule has 1 aliphatic heterocycles. The first-order valence-electron chi connectivity index (χ1n) is 10.5. The Morgan fingerprint density at radius 3 is 2.53 bits per heavy atom. The average molecular weight is 434 g/mol. The predicted octanol–water partition coefficient (Wildman–Crippen LogP) is 2.81. The fourth-order valence-corrected chi connectivity index (χ4v) is 3.76. The Hall–Kier alpha value is -3.81. The molecule has 3 aromatic rings. The Balaban J connectivity index is 1.32. The van der Waals surface area contributed by atoms with Gasteiger partial charge in [0, 0.05) is 24.6 Å². The van der Waals surface area contributed by atoms with Gasteiger partial charge in [0.25, 0.3) is 5.91 Å². The number of ether oxygens (including phenoxy) is 2. The summed E-state index contributed by atoms with van der Waals surface area (Å²) in [6, 6.07) is 14.9. The Morgan fingerprint density at radius 1 is 1.03 bits per heavy atom. The van der Waals surface area contributed by atoms with E-state index < -0.39 is 0 Å². The van der Waals surface area contributed by atoms with Gasteiger partial charge < -0.3 is 14.8 Å². The fourth-order valence-electron chi connectivity index (χ4n) is 3.76. The Bertz CT molecular complexity index is 1110. The highest BCUT2D eigenvalue weighted by Crippen LogP contribution is 2.27. The van der Waals surface area contributed by atoms with Crippen LogP contribution in [0.4, 0.5) is 5.82 Å². The zero-order valence-corrected chi connectivity index (χ0v) is 18.2. The van der Waals surface area contributed by atoms with E-state index in [1.54, 1.807) is 37.4 Å². The van der Waals surface area contributed by atoms with E-state index in [2.05, 4.69) is 10.4 Å². The van der Waals surface area contributed by atoms with Gasteiger partial charge in [0.15, 0.2) is 11.5 Å². The van der Waals surface area contributed by atoms with Crippen molar-refractivity contribution < 1.29 is 19.1 Å². The van der Waals surface area contributed by atoms with Gasteiger partial charge in [-0.1, -0.05) is 18.2 Å². The van der Waals surface area contributed by atoms with Crippen LogP contribution in [0, 0.1) is 0 Å². The van der Waals surface area contributed by atoms with Crippen LogP contribution in [-0.4, -0.2) is 42.4 Å². The second kappa shape index (κ2) is 9.55. The van der Waals surface area contributed by atoms with Crippen LogP contribution in [0.15, 0.2) is 54.7 Å². The summed E-state index contributed by atoms with van der Waals surface area (Å²) in [6.07, 6.45) is 2.82. The molecule has 0 bridgehead atoms. The molecule has 1 N–H and O–H groups in total. The lowest BCUT2D eigenvalue weighted by atomic mass is 10.1. The molecule has 2 aromatic carbocycles. The van der Waals surface area contributed by atoms with Crippen molar-refractivity contribution in [1.29, 1.82) is 0 Å². The molecule has 32 heavy (non-hydrogen) atoms. The maximum absolute atomic E-state index is 12.5. The molecule has 8 heteroatoms. The van der Waals surface area contributed by atoms with Crippen LogP contribution in [-0.2, 0) is 24.3 Å². The second-order valence-corrected chi connectivity index (χ2v) is 7.53. The van der Waals surface area contributed by atoms with Gasteiger partial charge in [0.2, 0.25) is 5.91 Å². The summed E-state index contributed by atoms with van der Waals surface area (Å²) in [5, 5.41) is 7.19. The zero-order chi connectivity index (χ0) is 22.5. The van der Waals surface area contributed by atoms with E-state index in [1.807, 2.05) is 41.1 Å². The highest BCUT2D eigenvalue weighted by molar-refractivity contribution is 5.95. The molecule has 1 aliphatic rings. The number of benzene rings is 2. The highest BCUT2D eigenvalue weighted by Gasteiger charge is 2.24. The minimum absolute atomic E-state index is 0.0787. The predicted molar refractivity (Wildman–Crippen MR) is 120 cm³/mol. The van der Waals surface area contributed by atoms with E-state index in [9.17, 15) is 9.59 Å². The third-order valence-electron chi connectivity index (χ3n) is 5.51. The van der Waals surface area contributed by atoms with Crippen molar-refractivity contribution in [2.24, 2.45) is 0 Å². The van der Waals surface area contributed by atoms with Crippen molar-refractivity contribution in [2.45, 2.75) is 25.9 Å². The molecule has 0 spiro atoms. The number of carbonyl (C=O) groups is 2. The van der Waals surface area contributed by atoms with Gasteiger partial charge in [-0.3, -0.25) is 14.5 Å². The van der Waals surface area contributed by atoms with Gasteiger partial charge in [-0.25, -0.2) is 4.68 Å². The number of hydrogen-bond donors (Lipinski definition) is 1. The lowest BCUT2D eigenvalue weighted by Crippen LogP contribution is -2.36. The van der Waals surface area contributed by atoms with Crippen LogP contribution in [0.2, 0.25) is 0 Å². The SMILES string of the molecule is COc1ccc(CCNC(=O)c2ccc(CN3C(=O)CCn4nccc43)cc2)cc1OC. The summed E-state index contributed by atoms with van der Waals surface area (Å²) >= 11 is 0. The van der Waals surface area contributed by atoms with E-state index in [0.717, 1.165) is 16.9 Å². The summed E-state index contributed by atoms with van der Waals surface area (Å²) in [4.78, 5) is 26.6. The van der Waals surface area contributed by atoms with Crippen LogP contribution in [0.1, 0.15) is 27.9 Å². The molecule has 8 nitrogen and oxygen atoms in total. The number of hydrogen-bond acceptors (Lipinski definition) is 5. The number of carbonyl (C=O) groups excluding carboxylic acids is 2. The molecule has 0 radical (unpaired) electrons. The molecule has 4 rings (SSSR count). The largest absolute Gasteiger partial charge is 0.493 e. The Morgan fingerprint density at radius 2 is 1.78 bits per heavy atom. The van der Waals surface area contributed by atoms with Crippen molar-refractivity contribution in [1.82, 2.24) is 15.1 Å². The molecule has 1 aromatic heterocycles. The number of amides is 2. The average Bonchev–Trinajstić information content (AvgIpc) is 3.30. The van der Waals surface area contributed by atoms with Crippen molar-refractivity contribution in [2.75, 3.05) is 25.7 Å². The molecule has 2 heterocycles. The zero-order valence-electron chi connectivity index (χ0n) is 18.2. The van der Waals surface area contributed by atoms with Gasteiger partial charge in [0.05, 0.1) is 33.5 Å². The monoisotopic (exact) mass is 434 g/mol. The minimum atomic E-state index is -0.135. The van der Waals surface area contributed by atoms with Crippen LogP contribution in [0.25, 0.3) is 0 Å². The maximum Gasteiger partial charge on any atom is 0.251 e. The van der Waals surface area contributed by atoms with E-state index in [4.69, 9.17) is 9.47 Å². The van der Waals surface area contributed by atoms with Crippen LogP contribution in [0.5, 0.6) is 11.5 Å². The van der Waals surface area contributed by atoms with Gasteiger partial charge in [0.1, 0.15) is 5.82 Å². The van der Waals surface area contributed by atoms with Gasteiger partial charge in [-0.05, 0) is 41.8 Å². The second-order valence-electron chi connectivity index (χ2n) is 7.53. The first-order valence-corrected chi connectivity index (χ1v) is 10.5. The summed E-state index contributed by atoms with van der Waals surface area (Å²) in [5.41, 5.74) is 2.58. The Labute approximate surface area is 186 Å². The van der Waals surface area contributed by atoms with Crippen molar-refractivity contribution in [3.63, 3.8) is 0 Å². The normalized spacial score (nSPS) is 12.9. The third-order valence-corrected chi connectivity index (χ3v) is 5.51. The smallest absolute Gasteiger partial charge is 0.251 e. The van der Waals surface area contributed by atoms with Crippen LogP contribution in [0.3, 0.4) is 0 Å². The summed E-state index contributed by atoms with van der Waals surface area (Å²) in [6.45, 7) is 1.56. The number of anilines is 1. The molecular weight excluding hydrogens is 408 g/mol. The summed E-state index contributed by atoms with van der Waals surface area (Å²) in [7, 11) is 3.20. The highest BCUT2D eigenvalue weighted by atomic mass is 16.5. The molecule has 0 unspecified atom stereocenters. The number of rotatable bonds is 8. The molecule has 0 aliphatic carbocycles. The summed E-state index contributed by atoms with van der Waals surface area (Å²) < 4.78 is 12.4. The number of aryl methyl sites for hydroxylation is 1. The lowest BCUT2D eigenvalue weighted by Gasteiger charge is -2.27. The maximum atomic E-state index is 12.5. The van der Waals surface area contributed by atoms with E-state index in [0.29, 0.717) is 49.5 Å². The molecule has 0 fully saturated rings. The van der Waals surface area contributed by atoms with Crippen molar-refractivity contribution in [3.8, 4) is 11.5 Å². The third kappa shape index (κ3) is 4.59. The van der Waals surface area contributed by atoms with E-state index in [1.165, 1.54) is 0 Å². The van der Waals surface area contributed by atoms with Crippen LogP contribution < -0.4 is 19.7 Å². The molecule has 0 saturated carbocycles. The molecular formula is C24H26N4O4. The molecule has 0 atom stereocenters. The number of aromatic nitrogens is 2. The Kier molecular flexibility index (Phi) is 6.39. The number of methoxy groups -OCH3 is 2. The lowest BCUT2D eigenvalue weighted by molar-refractivity contribution is -0.119. The molecule has 166 valence electrons. The number of fused-ring (bicyclic) bond motifs is 1. The van der Waals surface area contributed by atoms with Gasteiger partial charge in [-0.2, -0.15) is 5.10 Å². The minimum Gasteiger partial charge on any atom is -0.493 e. The topological polar surface area (TPSA) is 85.7 Å². The number of nitrogens with one attached hydrogen (secondary N) is 1. The molecule has 2 amide bonds. The van der Waals surface area contributed by atoms with Gasteiger partial charge >= 0.3 is 0 Å². The molecule has 0 saturated heterocycles. The fraction of sp³-hybridized carbons (Fsp3) is 0.292. The van der Waals surface area contributed by atoms with Crippen molar-refractivity contribution in [3.05, 3.63) is 71.4 Å². The van der Waals surface area contributed by atoms with Crippen LogP contribution >= 0.6 is 0 Å². The van der Waals surface area contributed by atoms with Gasteiger partial charge in [-0.15, -0.1) is 0 Å². The first-order chi connectivity index (χ1) is 15.6.